The first-order valence-corrected chi connectivity index (χ1v) is 8.08. The van der Waals surface area contributed by atoms with Crippen LogP contribution in [0.1, 0.15) is 23.4 Å². The van der Waals surface area contributed by atoms with Gasteiger partial charge in [0.25, 0.3) is 0 Å². The van der Waals surface area contributed by atoms with E-state index < -0.39 is 10.0 Å². The number of thiazole rings is 1. The van der Waals surface area contributed by atoms with Crippen LogP contribution < -0.4 is 10.5 Å². The second kappa shape index (κ2) is 5.79. The quantitative estimate of drug-likeness (QED) is 0.878. The fourth-order valence-corrected chi connectivity index (χ4v) is 3.23. The zero-order valence-electron chi connectivity index (χ0n) is 10.4. The van der Waals surface area contributed by atoms with Crippen LogP contribution in [-0.2, 0) is 16.6 Å². The first-order chi connectivity index (χ1) is 8.99. The standard InChI is InChI=1S/C12H15N3O2S2/c1-9(13)10-3-2-4-12(5-10)19(16,17)15-7-11-6-14-8-18-11/h2-6,8-9,15H,7,13H2,1H3. The summed E-state index contributed by atoms with van der Waals surface area (Å²) in [6.45, 7) is 2.06. The zero-order chi connectivity index (χ0) is 13.9. The van der Waals surface area contributed by atoms with Gasteiger partial charge in [0.1, 0.15) is 0 Å². The van der Waals surface area contributed by atoms with Gasteiger partial charge in [0.2, 0.25) is 10.0 Å². The number of hydrogen-bond donors (Lipinski definition) is 2. The summed E-state index contributed by atoms with van der Waals surface area (Å²) in [4.78, 5) is 5.00. The molecule has 0 saturated heterocycles. The van der Waals surface area contributed by atoms with E-state index in [0.717, 1.165) is 10.4 Å². The summed E-state index contributed by atoms with van der Waals surface area (Å²) in [7, 11) is -3.52. The van der Waals surface area contributed by atoms with Gasteiger partial charge in [-0.05, 0) is 24.6 Å². The first kappa shape index (κ1) is 14.1. The molecule has 0 aliphatic heterocycles. The number of hydrogen-bond acceptors (Lipinski definition) is 5. The smallest absolute Gasteiger partial charge is 0.240 e. The number of rotatable bonds is 5. The molecule has 2 rings (SSSR count). The normalized spacial score (nSPS) is 13.4. The van der Waals surface area contributed by atoms with Crippen LogP contribution >= 0.6 is 11.3 Å². The molecule has 1 aromatic heterocycles. The molecule has 7 heteroatoms. The van der Waals surface area contributed by atoms with E-state index in [0.29, 0.717) is 0 Å². The predicted octanol–water partition coefficient (Wildman–Crippen LogP) is 1.64. The lowest BCUT2D eigenvalue weighted by molar-refractivity contribution is 0.581. The van der Waals surface area contributed by atoms with Gasteiger partial charge in [-0.3, -0.25) is 4.98 Å². The Labute approximate surface area is 116 Å². The van der Waals surface area contributed by atoms with Crippen molar-refractivity contribution in [3.05, 3.63) is 46.4 Å². The first-order valence-electron chi connectivity index (χ1n) is 5.71. The number of aromatic nitrogens is 1. The van der Waals surface area contributed by atoms with Crippen LogP contribution in [0, 0.1) is 0 Å². The van der Waals surface area contributed by atoms with E-state index in [1.165, 1.54) is 11.3 Å². The summed E-state index contributed by atoms with van der Waals surface area (Å²) in [6.07, 6.45) is 1.64. The van der Waals surface area contributed by atoms with Crippen LogP contribution in [0.4, 0.5) is 0 Å². The minimum absolute atomic E-state index is 0.198. The summed E-state index contributed by atoms with van der Waals surface area (Å²) in [5, 5.41) is 0. The number of benzene rings is 1. The molecule has 102 valence electrons. The van der Waals surface area contributed by atoms with Gasteiger partial charge in [-0.1, -0.05) is 12.1 Å². The SMILES string of the molecule is CC(N)c1cccc(S(=O)(=O)NCc2cncs2)c1. The molecule has 5 nitrogen and oxygen atoms in total. The van der Waals surface area contributed by atoms with Gasteiger partial charge in [-0.2, -0.15) is 0 Å². The largest absolute Gasteiger partial charge is 0.324 e. The van der Waals surface area contributed by atoms with Gasteiger partial charge in [-0.25, -0.2) is 13.1 Å². The number of nitrogens with two attached hydrogens (primary N) is 1. The van der Waals surface area contributed by atoms with Crippen molar-refractivity contribution >= 4 is 21.4 Å². The number of sulfonamides is 1. The highest BCUT2D eigenvalue weighted by atomic mass is 32.2. The summed E-state index contributed by atoms with van der Waals surface area (Å²) in [5.74, 6) is 0. The molecule has 0 aliphatic carbocycles. The minimum atomic E-state index is -3.52. The van der Waals surface area contributed by atoms with Crippen LogP contribution in [0.5, 0.6) is 0 Å². The van der Waals surface area contributed by atoms with Crippen molar-refractivity contribution in [2.24, 2.45) is 5.73 Å². The molecule has 0 saturated carbocycles. The van der Waals surface area contributed by atoms with Crippen molar-refractivity contribution < 1.29 is 8.42 Å². The van der Waals surface area contributed by atoms with Crippen LogP contribution in [0.15, 0.2) is 40.9 Å². The van der Waals surface area contributed by atoms with Crippen molar-refractivity contribution in [2.75, 3.05) is 0 Å². The molecule has 0 fully saturated rings. The lowest BCUT2D eigenvalue weighted by atomic mass is 10.1. The average Bonchev–Trinajstić information content (AvgIpc) is 2.90. The molecule has 1 heterocycles. The number of nitrogens with one attached hydrogen (secondary N) is 1. The van der Waals surface area contributed by atoms with Crippen LogP contribution in [0.25, 0.3) is 0 Å². The van der Waals surface area contributed by atoms with E-state index in [1.807, 2.05) is 13.0 Å². The average molecular weight is 297 g/mol. The maximum Gasteiger partial charge on any atom is 0.240 e. The molecule has 1 atom stereocenters. The van der Waals surface area contributed by atoms with E-state index in [1.54, 1.807) is 29.9 Å². The van der Waals surface area contributed by atoms with E-state index in [4.69, 9.17) is 5.73 Å². The Bertz CT molecular complexity index is 637. The highest BCUT2D eigenvalue weighted by Crippen LogP contribution is 2.16. The molecular weight excluding hydrogens is 282 g/mol. The maximum absolute atomic E-state index is 12.1. The van der Waals surface area contributed by atoms with Crippen LogP contribution in [-0.4, -0.2) is 13.4 Å². The summed E-state index contributed by atoms with van der Waals surface area (Å²) in [5.41, 5.74) is 8.21. The second-order valence-electron chi connectivity index (χ2n) is 4.15. The highest BCUT2D eigenvalue weighted by Gasteiger charge is 2.15. The fraction of sp³-hybridized carbons (Fsp3) is 0.250. The molecule has 0 amide bonds. The zero-order valence-corrected chi connectivity index (χ0v) is 12.0. The highest BCUT2D eigenvalue weighted by molar-refractivity contribution is 7.89. The van der Waals surface area contributed by atoms with Crippen LogP contribution in [0.3, 0.4) is 0 Å². The Hall–Kier alpha value is -1.28. The summed E-state index contributed by atoms with van der Waals surface area (Å²) < 4.78 is 26.8. The van der Waals surface area contributed by atoms with Crippen LogP contribution in [0.2, 0.25) is 0 Å². The third kappa shape index (κ3) is 3.60. The number of nitrogens with zero attached hydrogens (tertiary/aromatic N) is 1. The molecule has 0 radical (unpaired) electrons. The van der Waals surface area contributed by atoms with Crippen molar-refractivity contribution in [3.63, 3.8) is 0 Å². The fourth-order valence-electron chi connectivity index (χ4n) is 1.54. The second-order valence-corrected chi connectivity index (χ2v) is 6.89. The van der Waals surface area contributed by atoms with Gasteiger partial charge >= 0.3 is 0 Å². The molecule has 2 aromatic rings. The lowest BCUT2D eigenvalue weighted by Crippen LogP contribution is -2.23. The Kier molecular flexibility index (Phi) is 4.31. The van der Waals surface area contributed by atoms with Gasteiger partial charge in [0.15, 0.2) is 0 Å². The molecule has 1 aromatic carbocycles. The van der Waals surface area contributed by atoms with Crippen molar-refractivity contribution in [1.29, 1.82) is 0 Å². The summed E-state index contributed by atoms with van der Waals surface area (Å²) in [6, 6.07) is 6.46. The van der Waals surface area contributed by atoms with Gasteiger partial charge < -0.3 is 5.73 Å². The van der Waals surface area contributed by atoms with Gasteiger partial charge in [-0.15, -0.1) is 11.3 Å². The Morgan fingerprint density at radius 1 is 1.47 bits per heavy atom. The minimum Gasteiger partial charge on any atom is -0.324 e. The van der Waals surface area contributed by atoms with E-state index in [2.05, 4.69) is 9.71 Å². The molecule has 1 unspecified atom stereocenters. The van der Waals surface area contributed by atoms with E-state index >= 15 is 0 Å². The molecule has 3 N–H and O–H groups in total. The molecule has 0 spiro atoms. The topological polar surface area (TPSA) is 85.1 Å². The monoisotopic (exact) mass is 297 g/mol. The Morgan fingerprint density at radius 3 is 2.89 bits per heavy atom. The van der Waals surface area contributed by atoms with Gasteiger partial charge in [0, 0.05) is 23.7 Å². The molecule has 0 aliphatic rings. The molecule has 19 heavy (non-hydrogen) atoms. The van der Waals surface area contributed by atoms with Crippen molar-refractivity contribution in [2.45, 2.75) is 24.4 Å². The van der Waals surface area contributed by atoms with E-state index in [-0.39, 0.29) is 17.5 Å². The van der Waals surface area contributed by atoms with E-state index in [9.17, 15) is 8.42 Å². The lowest BCUT2D eigenvalue weighted by Gasteiger charge is -2.09. The van der Waals surface area contributed by atoms with Crippen molar-refractivity contribution in [1.82, 2.24) is 9.71 Å². The van der Waals surface area contributed by atoms with Gasteiger partial charge in [0.05, 0.1) is 10.4 Å². The summed E-state index contributed by atoms with van der Waals surface area (Å²) >= 11 is 1.41. The van der Waals surface area contributed by atoms with Crippen molar-refractivity contribution in [3.8, 4) is 0 Å². The maximum atomic E-state index is 12.1. The Morgan fingerprint density at radius 2 is 2.26 bits per heavy atom. The molecular formula is C12H15N3O2S2. The molecule has 0 bridgehead atoms. The predicted molar refractivity (Wildman–Crippen MR) is 75.2 cm³/mol. The third-order valence-corrected chi connectivity index (χ3v) is 4.79. The Balaban J connectivity index is 2.17. The third-order valence-electron chi connectivity index (χ3n) is 2.61.